The monoisotopic (exact) mass is 289 g/mol. The molecule has 1 aliphatic heterocycles. The first-order chi connectivity index (χ1) is 9.24. The largest absolute Gasteiger partial charge is 0.399 e. The number of hydrogen-bond acceptors (Lipinski definition) is 3. The van der Waals surface area contributed by atoms with Crippen molar-refractivity contribution in [2.45, 2.75) is 15.7 Å². The average Bonchev–Trinajstić information content (AvgIpc) is 2.83. The summed E-state index contributed by atoms with van der Waals surface area (Å²) < 4.78 is 12.4. The van der Waals surface area contributed by atoms with Crippen LogP contribution >= 0.6 is 11.8 Å². The molecule has 1 heterocycles. The van der Waals surface area contributed by atoms with Crippen LogP contribution in [0.2, 0.25) is 0 Å². The second kappa shape index (κ2) is 5.39. The number of nitrogen functional groups attached to an aromatic ring is 1. The second-order valence-electron chi connectivity index (χ2n) is 4.63. The standard InChI is InChI=1S/C15H15NOS2/c16-12-5-7-13(8-6-12)19(17)10-11-9-18-15-4-2-1-3-14(11)15/h1-8,11H,9-10,16H2. The van der Waals surface area contributed by atoms with Gasteiger partial charge in [-0.2, -0.15) is 0 Å². The molecule has 0 fully saturated rings. The zero-order valence-corrected chi connectivity index (χ0v) is 12.0. The number of hydrogen-bond donors (Lipinski definition) is 1. The Hall–Kier alpha value is -1.26. The van der Waals surface area contributed by atoms with E-state index in [4.69, 9.17) is 5.73 Å². The molecule has 0 saturated carbocycles. The molecule has 0 saturated heterocycles. The van der Waals surface area contributed by atoms with Crippen LogP contribution in [0.5, 0.6) is 0 Å². The summed E-state index contributed by atoms with van der Waals surface area (Å²) in [6.45, 7) is 0. The molecule has 2 aromatic rings. The first kappa shape index (κ1) is 12.8. The number of benzene rings is 2. The lowest BCUT2D eigenvalue weighted by atomic mass is 10.0. The number of fused-ring (bicyclic) bond motifs is 1. The highest BCUT2D eigenvalue weighted by Gasteiger charge is 2.24. The van der Waals surface area contributed by atoms with Gasteiger partial charge >= 0.3 is 0 Å². The molecule has 19 heavy (non-hydrogen) atoms. The van der Waals surface area contributed by atoms with Crippen LogP contribution in [-0.2, 0) is 10.8 Å². The highest BCUT2D eigenvalue weighted by atomic mass is 32.2. The van der Waals surface area contributed by atoms with Crippen molar-refractivity contribution >= 4 is 28.2 Å². The SMILES string of the molecule is Nc1ccc(S(=O)CC2CSc3ccccc32)cc1. The van der Waals surface area contributed by atoms with E-state index in [-0.39, 0.29) is 0 Å². The predicted molar refractivity (Wildman–Crippen MR) is 82.0 cm³/mol. The van der Waals surface area contributed by atoms with Crippen LogP contribution < -0.4 is 5.73 Å². The molecule has 0 aliphatic carbocycles. The number of thioether (sulfide) groups is 1. The minimum absolute atomic E-state index is 0.389. The quantitative estimate of drug-likeness (QED) is 0.882. The third-order valence-corrected chi connectivity index (χ3v) is 6.05. The summed E-state index contributed by atoms with van der Waals surface area (Å²) >= 11 is 1.86. The Bertz CT molecular complexity index is 610. The Kier molecular flexibility index (Phi) is 3.62. The van der Waals surface area contributed by atoms with E-state index in [2.05, 4.69) is 24.3 Å². The summed E-state index contributed by atoms with van der Waals surface area (Å²) in [5.41, 5.74) is 7.71. The van der Waals surface area contributed by atoms with E-state index in [1.165, 1.54) is 10.5 Å². The minimum Gasteiger partial charge on any atom is -0.399 e. The van der Waals surface area contributed by atoms with Gasteiger partial charge < -0.3 is 5.73 Å². The third-order valence-electron chi connectivity index (χ3n) is 3.29. The molecule has 4 heteroatoms. The third kappa shape index (κ3) is 2.69. The van der Waals surface area contributed by atoms with Gasteiger partial charge in [0.15, 0.2) is 0 Å². The Morgan fingerprint density at radius 2 is 1.89 bits per heavy atom. The smallest absolute Gasteiger partial charge is 0.0536 e. The molecule has 2 unspecified atom stereocenters. The van der Waals surface area contributed by atoms with Gasteiger partial charge in [0.25, 0.3) is 0 Å². The van der Waals surface area contributed by atoms with Crippen LogP contribution in [0.3, 0.4) is 0 Å². The lowest BCUT2D eigenvalue weighted by Gasteiger charge is -2.10. The first-order valence-electron chi connectivity index (χ1n) is 6.19. The fraction of sp³-hybridized carbons (Fsp3) is 0.200. The summed E-state index contributed by atoms with van der Waals surface area (Å²) in [6, 6.07) is 15.8. The van der Waals surface area contributed by atoms with Crippen molar-refractivity contribution in [1.29, 1.82) is 0 Å². The molecule has 1 aliphatic rings. The van der Waals surface area contributed by atoms with Gasteiger partial charge in [0.1, 0.15) is 0 Å². The van der Waals surface area contributed by atoms with Gasteiger partial charge in [-0.25, -0.2) is 0 Å². The van der Waals surface area contributed by atoms with E-state index in [9.17, 15) is 4.21 Å². The summed E-state index contributed by atoms with van der Waals surface area (Å²) in [5.74, 6) is 2.10. The van der Waals surface area contributed by atoms with Crippen molar-refractivity contribution in [2.24, 2.45) is 0 Å². The van der Waals surface area contributed by atoms with Crippen molar-refractivity contribution in [3.05, 3.63) is 54.1 Å². The molecule has 98 valence electrons. The molecule has 3 rings (SSSR count). The van der Waals surface area contributed by atoms with Crippen molar-refractivity contribution in [3.63, 3.8) is 0 Å². The van der Waals surface area contributed by atoms with E-state index in [1.807, 2.05) is 36.0 Å². The molecule has 0 bridgehead atoms. The average molecular weight is 289 g/mol. The molecule has 0 spiro atoms. The summed E-state index contributed by atoms with van der Waals surface area (Å²) in [6.07, 6.45) is 0. The van der Waals surface area contributed by atoms with Gasteiger partial charge in [0.2, 0.25) is 0 Å². The molecular formula is C15H15NOS2. The van der Waals surface area contributed by atoms with E-state index in [0.29, 0.717) is 17.4 Å². The van der Waals surface area contributed by atoms with Gasteiger partial charge in [-0.15, -0.1) is 11.8 Å². The second-order valence-corrected chi connectivity index (χ2v) is 7.18. The molecular weight excluding hydrogens is 274 g/mol. The topological polar surface area (TPSA) is 43.1 Å². The highest BCUT2D eigenvalue weighted by molar-refractivity contribution is 7.99. The maximum Gasteiger partial charge on any atom is 0.0536 e. The van der Waals surface area contributed by atoms with Gasteiger partial charge in [-0.1, -0.05) is 18.2 Å². The van der Waals surface area contributed by atoms with Crippen molar-refractivity contribution in [2.75, 3.05) is 17.2 Å². The lowest BCUT2D eigenvalue weighted by molar-refractivity contribution is 0.678. The summed E-state index contributed by atoms with van der Waals surface area (Å²) in [5, 5.41) is 0. The molecule has 2 nitrogen and oxygen atoms in total. The van der Waals surface area contributed by atoms with Gasteiger partial charge in [0, 0.05) is 32.9 Å². The fourth-order valence-electron chi connectivity index (χ4n) is 2.27. The zero-order valence-electron chi connectivity index (χ0n) is 10.4. The van der Waals surface area contributed by atoms with Crippen LogP contribution in [0.4, 0.5) is 5.69 Å². The Morgan fingerprint density at radius 3 is 2.68 bits per heavy atom. The summed E-state index contributed by atoms with van der Waals surface area (Å²) in [4.78, 5) is 2.20. The maximum atomic E-state index is 12.4. The van der Waals surface area contributed by atoms with Gasteiger partial charge in [-0.3, -0.25) is 4.21 Å². The van der Waals surface area contributed by atoms with E-state index in [0.717, 1.165) is 10.6 Å². The number of anilines is 1. The first-order valence-corrected chi connectivity index (χ1v) is 8.50. The Morgan fingerprint density at radius 1 is 1.16 bits per heavy atom. The van der Waals surface area contributed by atoms with Gasteiger partial charge in [0.05, 0.1) is 10.8 Å². The lowest BCUT2D eigenvalue weighted by Crippen LogP contribution is -2.09. The minimum atomic E-state index is -0.958. The zero-order chi connectivity index (χ0) is 13.2. The molecule has 0 amide bonds. The molecule has 2 aromatic carbocycles. The Balaban J connectivity index is 1.76. The number of nitrogens with two attached hydrogens (primary N) is 1. The normalized spacial score (nSPS) is 19.1. The highest BCUT2D eigenvalue weighted by Crippen LogP contribution is 2.40. The summed E-state index contributed by atoms with van der Waals surface area (Å²) in [7, 11) is -0.958. The number of rotatable bonds is 3. The van der Waals surface area contributed by atoms with Crippen molar-refractivity contribution in [1.82, 2.24) is 0 Å². The van der Waals surface area contributed by atoms with Crippen LogP contribution in [0, 0.1) is 0 Å². The maximum absolute atomic E-state index is 12.4. The Labute approximate surface area is 119 Å². The van der Waals surface area contributed by atoms with Crippen LogP contribution in [0.15, 0.2) is 58.3 Å². The molecule has 2 N–H and O–H groups in total. The van der Waals surface area contributed by atoms with Gasteiger partial charge in [-0.05, 0) is 35.9 Å². The molecule has 0 aromatic heterocycles. The van der Waals surface area contributed by atoms with Crippen LogP contribution in [0.1, 0.15) is 11.5 Å². The fourth-order valence-corrected chi connectivity index (χ4v) is 4.96. The van der Waals surface area contributed by atoms with Crippen LogP contribution in [0.25, 0.3) is 0 Å². The van der Waals surface area contributed by atoms with E-state index in [1.54, 1.807) is 0 Å². The van der Waals surface area contributed by atoms with E-state index >= 15 is 0 Å². The molecule has 2 atom stereocenters. The van der Waals surface area contributed by atoms with Crippen molar-refractivity contribution in [3.8, 4) is 0 Å². The molecule has 0 radical (unpaired) electrons. The predicted octanol–water partition coefficient (Wildman–Crippen LogP) is 3.27. The van der Waals surface area contributed by atoms with E-state index < -0.39 is 10.8 Å². The van der Waals surface area contributed by atoms with Crippen LogP contribution in [-0.4, -0.2) is 15.7 Å². The van der Waals surface area contributed by atoms with Crippen molar-refractivity contribution < 1.29 is 4.21 Å².